The Kier molecular flexibility index (Phi) is 5.72. The Hall–Kier alpha value is -2.93. The molecule has 1 aliphatic heterocycles. The highest BCUT2D eigenvalue weighted by molar-refractivity contribution is 6.34. The van der Waals surface area contributed by atoms with E-state index in [9.17, 15) is 14.0 Å². The van der Waals surface area contributed by atoms with Crippen LogP contribution in [0.15, 0.2) is 18.2 Å². The highest BCUT2D eigenvalue weighted by Gasteiger charge is 2.25. The number of carbonyl (C=O) groups excluding carboxylic acids is 2. The number of rotatable bonds is 6. The van der Waals surface area contributed by atoms with Gasteiger partial charge in [0.05, 0.1) is 11.3 Å². The van der Waals surface area contributed by atoms with Crippen LogP contribution in [0.5, 0.6) is 0 Å². The van der Waals surface area contributed by atoms with E-state index in [2.05, 4.69) is 20.9 Å². The van der Waals surface area contributed by atoms with Crippen molar-refractivity contribution in [2.24, 2.45) is 0 Å². The lowest BCUT2D eigenvalue weighted by Crippen LogP contribution is -2.29. The zero-order valence-electron chi connectivity index (χ0n) is 17.3. The molecule has 158 valence electrons. The fourth-order valence-electron chi connectivity index (χ4n) is 4.28. The molecule has 7 heteroatoms. The van der Waals surface area contributed by atoms with Crippen LogP contribution in [0, 0.1) is 19.7 Å². The van der Waals surface area contributed by atoms with Crippen LogP contribution in [0.4, 0.5) is 15.8 Å². The average molecular weight is 410 g/mol. The first-order valence-electron chi connectivity index (χ1n) is 10.5. The van der Waals surface area contributed by atoms with Gasteiger partial charge in [0.15, 0.2) is 0 Å². The zero-order valence-corrected chi connectivity index (χ0v) is 17.3. The molecule has 0 spiro atoms. The van der Waals surface area contributed by atoms with E-state index in [1.165, 1.54) is 37.8 Å². The molecule has 4 rings (SSSR count). The fraction of sp³-hybridized carbons (Fsp3) is 0.391. The Morgan fingerprint density at radius 3 is 2.80 bits per heavy atom. The van der Waals surface area contributed by atoms with Crippen molar-refractivity contribution in [1.82, 2.24) is 10.3 Å². The normalized spacial score (nSPS) is 17.4. The van der Waals surface area contributed by atoms with Gasteiger partial charge in [-0.15, -0.1) is 0 Å². The van der Waals surface area contributed by atoms with Gasteiger partial charge in [-0.2, -0.15) is 0 Å². The Bertz CT molecular complexity index is 1020. The quantitative estimate of drug-likeness (QED) is 0.540. The first-order chi connectivity index (χ1) is 14.4. The maximum Gasteiger partial charge on any atom is 0.256 e. The number of benzene rings is 1. The van der Waals surface area contributed by atoms with E-state index in [0.29, 0.717) is 41.5 Å². The first-order valence-corrected chi connectivity index (χ1v) is 10.5. The van der Waals surface area contributed by atoms with Gasteiger partial charge in [0.2, 0.25) is 5.91 Å². The fourth-order valence-corrected chi connectivity index (χ4v) is 4.28. The molecule has 1 fully saturated rings. The highest BCUT2D eigenvalue weighted by atomic mass is 19.1. The van der Waals surface area contributed by atoms with Crippen molar-refractivity contribution in [1.29, 1.82) is 0 Å². The monoisotopic (exact) mass is 410 g/mol. The molecule has 1 aromatic heterocycles. The first kappa shape index (κ1) is 20.3. The van der Waals surface area contributed by atoms with Gasteiger partial charge in [0.1, 0.15) is 5.82 Å². The van der Waals surface area contributed by atoms with Gasteiger partial charge >= 0.3 is 0 Å². The summed E-state index contributed by atoms with van der Waals surface area (Å²) in [5.41, 5.74) is 4.63. The molecule has 30 heavy (non-hydrogen) atoms. The SMILES string of the molecule is Cc1[nH]c(/C=C2\C(=O)Nc3ccc(F)cc32)c(C)c1NC(=O)CCNC1CCCC1. The molecule has 0 radical (unpaired) electrons. The Balaban J connectivity index is 1.47. The minimum atomic E-state index is -0.394. The number of aromatic amines is 1. The van der Waals surface area contributed by atoms with Crippen LogP contribution in [0.2, 0.25) is 0 Å². The second-order valence-corrected chi connectivity index (χ2v) is 8.10. The molecule has 2 aromatic rings. The lowest BCUT2D eigenvalue weighted by Gasteiger charge is -2.11. The number of aryl methyl sites for hydroxylation is 1. The zero-order chi connectivity index (χ0) is 21.3. The summed E-state index contributed by atoms with van der Waals surface area (Å²) < 4.78 is 13.7. The maximum absolute atomic E-state index is 13.7. The molecule has 1 saturated carbocycles. The summed E-state index contributed by atoms with van der Waals surface area (Å²) in [6.45, 7) is 4.43. The molecule has 1 aliphatic carbocycles. The summed E-state index contributed by atoms with van der Waals surface area (Å²) >= 11 is 0. The maximum atomic E-state index is 13.7. The summed E-state index contributed by atoms with van der Waals surface area (Å²) in [7, 11) is 0. The van der Waals surface area contributed by atoms with E-state index in [1.807, 2.05) is 13.8 Å². The van der Waals surface area contributed by atoms with Crippen molar-refractivity contribution in [3.05, 3.63) is 46.5 Å². The van der Waals surface area contributed by atoms with Crippen molar-refractivity contribution >= 4 is 34.8 Å². The van der Waals surface area contributed by atoms with Gasteiger partial charge in [0.25, 0.3) is 5.91 Å². The van der Waals surface area contributed by atoms with Crippen LogP contribution >= 0.6 is 0 Å². The smallest absolute Gasteiger partial charge is 0.256 e. The van der Waals surface area contributed by atoms with E-state index in [-0.39, 0.29) is 11.8 Å². The predicted molar refractivity (Wildman–Crippen MR) is 117 cm³/mol. The second-order valence-electron chi connectivity index (χ2n) is 8.10. The summed E-state index contributed by atoms with van der Waals surface area (Å²) in [6.07, 6.45) is 7.02. The third kappa shape index (κ3) is 4.16. The third-order valence-corrected chi connectivity index (χ3v) is 5.93. The number of nitrogens with one attached hydrogen (secondary N) is 4. The van der Waals surface area contributed by atoms with Gasteiger partial charge < -0.3 is 20.9 Å². The molecule has 0 saturated heterocycles. The number of hydrogen-bond donors (Lipinski definition) is 4. The van der Waals surface area contributed by atoms with Crippen molar-refractivity contribution < 1.29 is 14.0 Å². The molecular weight excluding hydrogens is 383 g/mol. The summed E-state index contributed by atoms with van der Waals surface area (Å²) in [5, 5.41) is 9.18. The van der Waals surface area contributed by atoms with Gasteiger partial charge in [-0.3, -0.25) is 9.59 Å². The molecule has 4 N–H and O–H groups in total. The lowest BCUT2D eigenvalue weighted by atomic mass is 10.0. The highest BCUT2D eigenvalue weighted by Crippen LogP contribution is 2.35. The van der Waals surface area contributed by atoms with Crippen LogP contribution in [-0.2, 0) is 9.59 Å². The van der Waals surface area contributed by atoms with Crippen molar-refractivity contribution in [3.8, 4) is 0 Å². The van der Waals surface area contributed by atoms with E-state index in [1.54, 1.807) is 12.1 Å². The van der Waals surface area contributed by atoms with Crippen molar-refractivity contribution in [2.45, 2.75) is 52.0 Å². The topological polar surface area (TPSA) is 86.0 Å². The van der Waals surface area contributed by atoms with E-state index >= 15 is 0 Å². The number of carbonyl (C=O) groups is 2. The molecule has 2 amide bonds. The number of amides is 2. The summed E-state index contributed by atoms with van der Waals surface area (Å²) in [6, 6.07) is 4.77. The number of fused-ring (bicyclic) bond motifs is 1. The van der Waals surface area contributed by atoms with E-state index < -0.39 is 5.82 Å². The average Bonchev–Trinajstić information content (AvgIpc) is 3.39. The molecule has 0 bridgehead atoms. The third-order valence-electron chi connectivity index (χ3n) is 5.93. The predicted octanol–water partition coefficient (Wildman–Crippen LogP) is 4.12. The number of anilines is 2. The molecule has 2 aliphatic rings. The summed E-state index contributed by atoms with van der Waals surface area (Å²) in [4.78, 5) is 28.0. The number of aromatic nitrogens is 1. The molecule has 2 heterocycles. The van der Waals surface area contributed by atoms with Gasteiger partial charge in [0, 0.05) is 41.6 Å². The summed E-state index contributed by atoms with van der Waals surface area (Å²) in [5.74, 6) is -0.712. The minimum absolute atomic E-state index is 0.0454. The van der Waals surface area contributed by atoms with E-state index in [0.717, 1.165) is 16.9 Å². The molecular formula is C23H27FN4O2. The van der Waals surface area contributed by atoms with Crippen LogP contribution in [0.25, 0.3) is 11.6 Å². The largest absolute Gasteiger partial charge is 0.357 e. The van der Waals surface area contributed by atoms with Crippen molar-refractivity contribution in [2.75, 3.05) is 17.2 Å². The van der Waals surface area contributed by atoms with Gasteiger partial charge in [-0.25, -0.2) is 4.39 Å². The Labute approximate surface area is 175 Å². The Morgan fingerprint density at radius 1 is 1.27 bits per heavy atom. The molecule has 0 unspecified atom stereocenters. The van der Waals surface area contributed by atoms with Crippen LogP contribution in [0.1, 0.15) is 54.6 Å². The second kappa shape index (κ2) is 8.44. The number of halogens is 1. The van der Waals surface area contributed by atoms with Gasteiger partial charge in [-0.1, -0.05) is 12.8 Å². The van der Waals surface area contributed by atoms with Crippen LogP contribution in [-0.4, -0.2) is 29.4 Å². The van der Waals surface area contributed by atoms with E-state index in [4.69, 9.17) is 0 Å². The standard InChI is InChI=1S/C23H27FN4O2/c1-13-20(12-18-17-11-15(24)7-8-19(17)27-23(18)30)26-14(2)22(13)28-21(29)9-10-25-16-5-3-4-6-16/h7-8,11-12,16,25-26H,3-6,9-10H2,1-2H3,(H,27,30)(H,28,29)/b18-12-. The van der Waals surface area contributed by atoms with Crippen LogP contribution in [0.3, 0.4) is 0 Å². The molecule has 6 nitrogen and oxygen atoms in total. The van der Waals surface area contributed by atoms with Crippen molar-refractivity contribution in [3.63, 3.8) is 0 Å². The molecule has 1 aromatic carbocycles. The van der Waals surface area contributed by atoms with Gasteiger partial charge in [-0.05, 0) is 56.5 Å². The lowest BCUT2D eigenvalue weighted by molar-refractivity contribution is -0.116. The number of H-pyrrole nitrogens is 1. The van der Waals surface area contributed by atoms with Crippen LogP contribution < -0.4 is 16.0 Å². The number of hydrogen-bond acceptors (Lipinski definition) is 3. The minimum Gasteiger partial charge on any atom is -0.357 e. The molecule has 0 atom stereocenters. The Morgan fingerprint density at radius 2 is 2.03 bits per heavy atom.